The number of rotatable bonds is 2. The molecule has 0 radical (unpaired) electrons. The Hall–Kier alpha value is -0.930. The maximum absolute atomic E-state index is 9.67. The van der Waals surface area contributed by atoms with Gasteiger partial charge in [-0.15, -0.1) is 0 Å². The molecule has 1 rings (SSSR count). The van der Waals surface area contributed by atoms with Crippen LogP contribution in [0.15, 0.2) is 30.3 Å². The van der Waals surface area contributed by atoms with Crippen molar-refractivity contribution in [1.82, 2.24) is 0 Å². The van der Waals surface area contributed by atoms with Crippen LogP contribution in [0.5, 0.6) is 0 Å². The van der Waals surface area contributed by atoms with Gasteiger partial charge in [-0.25, -0.2) is 0 Å². The zero-order valence-electron chi connectivity index (χ0n) is 6.69. The van der Waals surface area contributed by atoms with E-state index >= 15 is 0 Å². The van der Waals surface area contributed by atoms with Crippen LogP contribution >= 0.6 is 12.2 Å². The first-order valence-electron chi connectivity index (χ1n) is 3.56. The molecule has 0 aromatic heterocycles. The molecule has 2 nitrogen and oxygen atoms in total. The standard InChI is InChI=1S/C9H10O2S/c1-9(11,8(10)12)7-5-3-2-4-6-7/h2-6,11H,1H3,(H,10,12). The maximum atomic E-state index is 9.67. The zero-order valence-corrected chi connectivity index (χ0v) is 7.51. The van der Waals surface area contributed by atoms with Gasteiger partial charge in [-0.2, -0.15) is 0 Å². The topological polar surface area (TPSA) is 40.5 Å². The van der Waals surface area contributed by atoms with Gasteiger partial charge in [0.1, 0.15) is 0 Å². The highest BCUT2D eigenvalue weighted by Crippen LogP contribution is 2.20. The van der Waals surface area contributed by atoms with E-state index in [4.69, 9.17) is 5.11 Å². The lowest BCUT2D eigenvalue weighted by Gasteiger charge is -2.20. The predicted octanol–water partition coefficient (Wildman–Crippen LogP) is 1.78. The van der Waals surface area contributed by atoms with Crippen LogP contribution in [-0.4, -0.2) is 15.3 Å². The van der Waals surface area contributed by atoms with E-state index in [-0.39, 0.29) is 0 Å². The molecule has 0 heterocycles. The van der Waals surface area contributed by atoms with Gasteiger partial charge >= 0.3 is 0 Å². The van der Waals surface area contributed by atoms with Crippen molar-refractivity contribution in [3.05, 3.63) is 35.9 Å². The van der Waals surface area contributed by atoms with E-state index in [9.17, 15) is 5.11 Å². The van der Waals surface area contributed by atoms with Crippen LogP contribution in [-0.2, 0) is 5.60 Å². The van der Waals surface area contributed by atoms with Crippen LogP contribution in [0.4, 0.5) is 0 Å². The molecular formula is C9H10O2S. The molecule has 64 valence electrons. The summed E-state index contributed by atoms with van der Waals surface area (Å²) < 4.78 is 0. The van der Waals surface area contributed by atoms with Gasteiger partial charge in [0.05, 0.1) is 0 Å². The molecule has 0 fully saturated rings. The van der Waals surface area contributed by atoms with E-state index in [1.807, 2.05) is 6.07 Å². The Morgan fingerprint density at radius 3 is 2.25 bits per heavy atom. The summed E-state index contributed by atoms with van der Waals surface area (Å²) in [6, 6.07) is 8.81. The second kappa shape index (κ2) is 3.21. The second-order valence-electron chi connectivity index (χ2n) is 2.74. The maximum Gasteiger partial charge on any atom is 0.193 e. The van der Waals surface area contributed by atoms with E-state index in [1.54, 1.807) is 24.3 Å². The Morgan fingerprint density at radius 2 is 1.83 bits per heavy atom. The fraction of sp³-hybridized carbons (Fsp3) is 0.222. The van der Waals surface area contributed by atoms with Gasteiger partial charge in [0.15, 0.2) is 10.7 Å². The van der Waals surface area contributed by atoms with Gasteiger partial charge < -0.3 is 10.2 Å². The molecule has 0 bridgehead atoms. The average Bonchev–Trinajstić information content (AvgIpc) is 2.06. The normalized spacial score (nSPS) is 15.2. The van der Waals surface area contributed by atoms with Gasteiger partial charge in [0.25, 0.3) is 0 Å². The molecule has 1 unspecified atom stereocenters. The molecule has 1 aromatic carbocycles. The van der Waals surface area contributed by atoms with Crippen molar-refractivity contribution in [2.45, 2.75) is 12.5 Å². The van der Waals surface area contributed by atoms with E-state index < -0.39 is 10.7 Å². The van der Waals surface area contributed by atoms with Crippen molar-refractivity contribution < 1.29 is 10.2 Å². The van der Waals surface area contributed by atoms with Crippen molar-refractivity contribution in [3.63, 3.8) is 0 Å². The van der Waals surface area contributed by atoms with Crippen molar-refractivity contribution in [2.24, 2.45) is 0 Å². The highest BCUT2D eigenvalue weighted by atomic mass is 32.1. The summed E-state index contributed by atoms with van der Waals surface area (Å²) >= 11 is 4.52. The second-order valence-corrected chi connectivity index (χ2v) is 3.13. The smallest absolute Gasteiger partial charge is 0.193 e. The third-order valence-electron chi connectivity index (χ3n) is 1.75. The van der Waals surface area contributed by atoms with Gasteiger partial charge in [-0.3, -0.25) is 0 Å². The van der Waals surface area contributed by atoms with Crippen LogP contribution < -0.4 is 0 Å². The summed E-state index contributed by atoms with van der Waals surface area (Å²) in [5.74, 6) is 0. The molecule has 1 atom stereocenters. The van der Waals surface area contributed by atoms with E-state index in [1.165, 1.54) is 6.92 Å². The first-order valence-corrected chi connectivity index (χ1v) is 3.97. The lowest BCUT2D eigenvalue weighted by atomic mass is 9.97. The zero-order chi connectivity index (χ0) is 9.19. The minimum absolute atomic E-state index is 0.409. The lowest BCUT2D eigenvalue weighted by Crippen LogP contribution is -2.30. The summed E-state index contributed by atoms with van der Waals surface area (Å²) in [5, 5.41) is 18.3. The third-order valence-corrected chi connectivity index (χ3v) is 2.15. The largest absolute Gasteiger partial charge is 0.500 e. The lowest BCUT2D eigenvalue weighted by molar-refractivity contribution is 0.116. The van der Waals surface area contributed by atoms with Gasteiger partial charge in [-0.1, -0.05) is 30.3 Å². The number of aliphatic hydroxyl groups excluding tert-OH is 1. The molecule has 1 aromatic rings. The molecular weight excluding hydrogens is 172 g/mol. The summed E-state index contributed by atoms with van der Waals surface area (Å²) in [4.78, 5) is 0. The van der Waals surface area contributed by atoms with E-state index in [0.29, 0.717) is 5.56 Å². The van der Waals surface area contributed by atoms with Crippen LogP contribution in [0, 0.1) is 0 Å². The molecule has 2 N–H and O–H groups in total. The minimum atomic E-state index is -1.42. The highest BCUT2D eigenvalue weighted by molar-refractivity contribution is 7.80. The molecule has 0 aliphatic heterocycles. The Kier molecular flexibility index (Phi) is 2.45. The fourth-order valence-corrected chi connectivity index (χ4v) is 1.00. The van der Waals surface area contributed by atoms with Gasteiger partial charge in [0, 0.05) is 0 Å². The molecule has 0 amide bonds. The summed E-state index contributed by atoms with van der Waals surface area (Å²) in [7, 11) is 0. The summed E-state index contributed by atoms with van der Waals surface area (Å²) in [6.07, 6.45) is 0. The number of hydrogen-bond donors (Lipinski definition) is 2. The number of aliphatic hydroxyl groups is 2. The SMILES string of the molecule is CC(O)(C(O)=S)c1ccccc1. The van der Waals surface area contributed by atoms with E-state index in [0.717, 1.165) is 0 Å². The van der Waals surface area contributed by atoms with Crippen LogP contribution in [0.3, 0.4) is 0 Å². The first kappa shape index (κ1) is 9.16. The first-order chi connectivity index (χ1) is 5.55. The molecule has 0 aliphatic carbocycles. The number of benzene rings is 1. The Balaban J connectivity index is 3.06. The van der Waals surface area contributed by atoms with Gasteiger partial charge in [-0.05, 0) is 24.7 Å². The van der Waals surface area contributed by atoms with Crippen LogP contribution in [0.25, 0.3) is 0 Å². The van der Waals surface area contributed by atoms with Crippen molar-refractivity contribution in [2.75, 3.05) is 0 Å². The predicted molar refractivity (Wildman–Crippen MR) is 51.2 cm³/mol. The van der Waals surface area contributed by atoms with Crippen molar-refractivity contribution in [1.29, 1.82) is 0 Å². The summed E-state index contributed by atoms with van der Waals surface area (Å²) in [6.45, 7) is 1.46. The number of hydrogen-bond acceptors (Lipinski definition) is 2. The van der Waals surface area contributed by atoms with Crippen molar-refractivity contribution >= 4 is 17.3 Å². The molecule has 12 heavy (non-hydrogen) atoms. The Morgan fingerprint density at radius 1 is 1.33 bits per heavy atom. The van der Waals surface area contributed by atoms with E-state index in [2.05, 4.69) is 12.2 Å². The molecule has 0 spiro atoms. The monoisotopic (exact) mass is 182 g/mol. The minimum Gasteiger partial charge on any atom is -0.500 e. The Labute approximate surface area is 76.5 Å². The van der Waals surface area contributed by atoms with Crippen LogP contribution in [0.2, 0.25) is 0 Å². The number of thiocarbonyl (C=S) groups is 1. The highest BCUT2D eigenvalue weighted by Gasteiger charge is 2.27. The summed E-state index contributed by atoms with van der Waals surface area (Å²) in [5.41, 5.74) is -0.825. The Bertz CT molecular complexity index is 280. The molecule has 3 heteroatoms. The third kappa shape index (κ3) is 1.62. The average molecular weight is 182 g/mol. The molecule has 0 saturated carbocycles. The molecule has 0 saturated heterocycles. The van der Waals surface area contributed by atoms with Crippen LogP contribution in [0.1, 0.15) is 12.5 Å². The fourth-order valence-electron chi connectivity index (χ4n) is 0.886. The van der Waals surface area contributed by atoms with Gasteiger partial charge in [0.2, 0.25) is 0 Å². The quantitative estimate of drug-likeness (QED) is 0.685. The molecule has 0 aliphatic rings. The van der Waals surface area contributed by atoms with Crippen molar-refractivity contribution in [3.8, 4) is 0 Å².